The summed E-state index contributed by atoms with van der Waals surface area (Å²) in [5.74, 6) is -0.494. The summed E-state index contributed by atoms with van der Waals surface area (Å²) in [5, 5.41) is 11.0. The van der Waals surface area contributed by atoms with E-state index in [1.807, 2.05) is 72.8 Å². The van der Waals surface area contributed by atoms with Gasteiger partial charge in [0, 0.05) is 5.92 Å². The number of nitro groups is 1. The minimum absolute atomic E-state index is 0.0925. The first-order valence-electron chi connectivity index (χ1n) is 9.32. The predicted octanol–water partition coefficient (Wildman–Crippen LogP) is 4.73. The fraction of sp³-hybridized carbons (Fsp3) is 0.130. The van der Waals surface area contributed by atoms with Crippen molar-refractivity contribution in [3.63, 3.8) is 0 Å². The lowest BCUT2D eigenvalue weighted by molar-refractivity contribution is -0.389. The highest BCUT2D eigenvalue weighted by Gasteiger charge is 2.35. The third kappa shape index (κ3) is 4.06. The van der Waals surface area contributed by atoms with Crippen molar-refractivity contribution < 1.29 is 9.72 Å². The van der Waals surface area contributed by atoms with E-state index in [1.165, 1.54) is 12.5 Å². The molecule has 1 heterocycles. The Labute approximate surface area is 168 Å². The smallest absolute Gasteiger partial charge is 0.358 e. The van der Waals surface area contributed by atoms with Crippen LogP contribution in [0, 0.1) is 10.1 Å². The van der Waals surface area contributed by atoms with Crippen molar-refractivity contribution in [1.29, 1.82) is 0 Å². The molecule has 2 aromatic carbocycles. The Hall–Kier alpha value is -3.80. The molecule has 0 radical (unpaired) electrons. The van der Waals surface area contributed by atoms with Crippen LogP contribution in [-0.4, -0.2) is 20.3 Å². The SMILES string of the molecule is O=C1C=C(/C=C/c2ccccc2)C[C@@H](c2ccccc2)[C@@H]1n1cnc([N+](=O)[O-])c1. The average Bonchev–Trinajstić information content (AvgIpc) is 3.23. The van der Waals surface area contributed by atoms with Crippen LogP contribution < -0.4 is 0 Å². The van der Waals surface area contributed by atoms with E-state index >= 15 is 0 Å². The molecule has 144 valence electrons. The lowest BCUT2D eigenvalue weighted by atomic mass is 9.79. The highest BCUT2D eigenvalue weighted by molar-refractivity contribution is 5.96. The van der Waals surface area contributed by atoms with Crippen LogP contribution in [0.5, 0.6) is 0 Å². The number of allylic oxidation sites excluding steroid dienone is 3. The summed E-state index contributed by atoms with van der Waals surface area (Å²) in [7, 11) is 0. The van der Waals surface area contributed by atoms with Crippen molar-refractivity contribution in [2.45, 2.75) is 18.4 Å². The Morgan fingerprint density at radius 1 is 1.03 bits per heavy atom. The van der Waals surface area contributed by atoms with Gasteiger partial charge in [0.15, 0.2) is 5.78 Å². The molecule has 0 fully saturated rings. The van der Waals surface area contributed by atoms with Gasteiger partial charge in [0.25, 0.3) is 0 Å². The summed E-state index contributed by atoms with van der Waals surface area (Å²) in [6, 6.07) is 19.1. The molecular weight excluding hydrogens is 366 g/mol. The van der Waals surface area contributed by atoms with E-state index in [-0.39, 0.29) is 17.5 Å². The molecule has 3 aromatic rings. The van der Waals surface area contributed by atoms with Gasteiger partial charge >= 0.3 is 5.82 Å². The Morgan fingerprint density at radius 3 is 2.38 bits per heavy atom. The largest absolute Gasteiger partial charge is 0.381 e. The summed E-state index contributed by atoms with van der Waals surface area (Å²) < 4.78 is 1.56. The highest BCUT2D eigenvalue weighted by atomic mass is 16.6. The number of imidazole rings is 1. The second-order valence-electron chi connectivity index (χ2n) is 6.97. The first-order valence-corrected chi connectivity index (χ1v) is 9.32. The predicted molar refractivity (Wildman–Crippen MR) is 110 cm³/mol. The number of hydrogen-bond donors (Lipinski definition) is 0. The third-order valence-corrected chi connectivity index (χ3v) is 5.07. The standard InChI is InChI=1S/C23H19N3O3/c27-21-14-18(12-11-17-7-3-1-4-8-17)13-20(19-9-5-2-6-10-19)23(21)25-15-22(24-16-25)26(28)29/h1-12,14-16,20,23H,13H2/b12-11+/t20-,23-/m0/s1. The van der Waals surface area contributed by atoms with Crippen molar-refractivity contribution in [1.82, 2.24) is 9.55 Å². The number of aromatic nitrogens is 2. The van der Waals surface area contributed by atoms with Crippen LogP contribution >= 0.6 is 0 Å². The molecule has 1 aliphatic rings. The van der Waals surface area contributed by atoms with Crippen molar-refractivity contribution >= 4 is 17.7 Å². The van der Waals surface area contributed by atoms with Gasteiger partial charge < -0.3 is 10.1 Å². The van der Waals surface area contributed by atoms with Crippen LogP contribution in [0.4, 0.5) is 5.82 Å². The zero-order chi connectivity index (χ0) is 20.2. The number of carbonyl (C=O) groups excluding carboxylic acids is 1. The zero-order valence-corrected chi connectivity index (χ0v) is 15.6. The molecule has 0 N–H and O–H groups in total. The average molecular weight is 385 g/mol. The normalized spacial score (nSPS) is 19.3. The summed E-state index contributed by atoms with van der Waals surface area (Å²) >= 11 is 0. The third-order valence-electron chi connectivity index (χ3n) is 5.07. The molecule has 0 spiro atoms. The summed E-state index contributed by atoms with van der Waals surface area (Å²) in [5.41, 5.74) is 3.00. The molecule has 0 unspecified atom stereocenters. The maximum Gasteiger partial charge on any atom is 0.381 e. The quantitative estimate of drug-likeness (QED) is 0.470. The molecule has 1 aliphatic carbocycles. The van der Waals surface area contributed by atoms with Gasteiger partial charge in [0.05, 0.1) is 0 Å². The fourth-order valence-electron chi connectivity index (χ4n) is 3.70. The molecule has 6 heteroatoms. The van der Waals surface area contributed by atoms with Crippen molar-refractivity contribution in [2.75, 3.05) is 0 Å². The molecule has 6 nitrogen and oxygen atoms in total. The van der Waals surface area contributed by atoms with E-state index in [2.05, 4.69) is 4.98 Å². The van der Waals surface area contributed by atoms with E-state index in [4.69, 9.17) is 0 Å². The Kier molecular flexibility index (Phi) is 5.16. The van der Waals surface area contributed by atoms with Gasteiger partial charge in [0.1, 0.15) is 12.2 Å². The Balaban J connectivity index is 1.70. The van der Waals surface area contributed by atoms with E-state index in [0.29, 0.717) is 6.42 Å². The minimum Gasteiger partial charge on any atom is -0.358 e. The maximum atomic E-state index is 13.1. The van der Waals surface area contributed by atoms with Gasteiger partial charge in [-0.2, -0.15) is 0 Å². The number of hydrogen-bond acceptors (Lipinski definition) is 4. The number of benzene rings is 2. The lowest BCUT2D eigenvalue weighted by Crippen LogP contribution is -2.28. The van der Waals surface area contributed by atoms with Crippen LogP contribution in [0.15, 0.2) is 90.9 Å². The molecule has 0 saturated heterocycles. The zero-order valence-electron chi connectivity index (χ0n) is 15.6. The Morgan fingerprint density at radius 2 is 1.72 bits per heavy atom. The second-order valence-corrected chi connectivity index (χ2v) is 6.97. The van der Waals surface area contributed by atoms with Gasteiger partial charge in [-0.25, -0.2) is 0 Å². The molecule has 1 aromatic heterocycles. The second kappa shape index (κ2) is 8.06. The van der Waals surface area contributed by atoms with Gasteiger partial charge in [0.2, 0.25) is 6.33 Å². The molecule has 2 atom stereocenters. The van der Waals surface area contributed by atoms with Gasteiger partial charge in [-0.15, -0.1) is 0 Å². The first kappa shape index (κ1) is 18.6. The van der Waals surface area contributed by atoms with E-state index in [0.717, 1.165) is 16.7 Å². The van der Waals surface area contributed by atoms with Crippen LogP contribution in [0.25, 0.3) is 6.08 Å². The number of rotatable bonds is 5. The molecule has 29 heavy (non-hydrogen) atoms. The molecule has 0 aliphatic heterocycles. The van der Waals surface area contributed by atoms with Gasteiger partial charge in [-0.05, 0) is 39.1 Å². The van der Waals surface area contributed by atoms with Crippen LogP contribution in [-0.2, 0) is 4.79 Å². The Bertz CT molecular complexity index is 1080. The topological polar surface area (TPSA) is 78.0 Å². The number of ketones is 1. The number of carbonyl (C=O) groups is 1. The van der Waals surface area contributed by atoms with Crippen molar-refractivity contribution in [3.05, 3.63) is 112 Å². The van der Waals surface area contributed by atoms with Gasteiger partial charge in [-0.3, -0.25) is 9.36 Å². The summed E-state index contributed by atoms with van der Waals surface area (Å²) in [4.78, 5) is 27.4. The van der Waals surface area contributed by atoms with E-state index in [1.54, 1.807) is 10.6 Å². The monoisotopic (exact) mass is 385 g/mol. The number of nitrogens with zero attached hydrogens (tertiary/aromatic N) is 3. The van der Waals surface area contributed by atoms with E-state index < -0.39 is 11.0 Å². The van der Waals surface area contributed by atoms with E-state index in [9.17, 15) is 14.9 Å². The van der Waals surface area contributed by atoms with Crippen LogP contribution in [0.3, 0.4) is 0 Å². The van der Waals surface area contributed by atoms with Crippen molar-refractivity contribution in [3.8, 4) is 0 Å². The summed E-state index contributed by atoms with van der Waals surface area (Å²) in [6.45, 7) is 0. The molecule has 0 bridgehead atoms. The minimum atomic E-state index is -0.563. The lowest BCUT2D eigenvalue weighted by Gasteiger charge is -2.30. The van der Waals surface area contributed by atoms with Gasteiger partial charge in [-0.1, -0.05) is 72.8 Å². The molecular formula is C23H19N3O3. The first-order chi connectivity index (χ1) is 14.1. The molecule has 4 rings (SSSR count). The van der Waals surface area contributed by atoms with Crippen LogP contribution in [0.2, 0.25) is 0 Å². The fourth-order valence-corrected chi connectivity index (χ4v) is 3.70. The highest BCUT2D eigenvalue weighted by Crippen LogP contribution is 2.39. The van der Waals surface area contributed by atoms with Crippen molar-refractivity contribution in [2.24, 2.45) is 0 Å². The summed E-state index contributed by atoms with van der Waals surface area (Å²) in [6.07, 6.45) is 8.94. The molecule has 0 saturated carbocycles. The molecule has 0 amide bonds. The van der Waals surface area contributed by atoms with Crippen LogP contribution in [0.1, 0.15) is 29.5 Å². The maximum absolute atomic E-state index is 13.1.